The van der Waals surface area contributed by atoms with Gasteiger partial charge < -0.3 is 4.98 Å². The second-order valence-electron chi connectivity index (χ2n) is 1.81. The molecule has 0 fully saturated rings. The Morgan fingerprint density at radius 3 is 2.45 bits per heavy atom. The van der Waals surface area contributed by atoms with Crippen molar-refractivity contribution in [2.75, 3.05) is 0 Å². The molecule has 0 aliphatic heterocycles. The number of aromatic nitrogens is 2. The molecular formula is C5H3F3N2S. The first kappa shape index (κ1) is 8.19. The van der Waals surface area contributed by atoms with Crippen LogP contribution in [0.4, 0.5) is 13.2 Å². The third kappa shape index (κ3) is 2.01. The van der Waals surface area contributed by atoms with Crippen LogP contribution in [0.3, 0.4) is 0 Å². The van der Waals surface area contributed by atoms with Gasteiger partial charge in [-0.2, -0.15) is 13.2 Å². The Bertz CT molecular complexity index is 283. The van der Waals surface area contributed by atoms with E-state index in [1.807, 2.05) is 0 Å². The lowest BCUT2D eigenvalue weighted by Gasteiger charge is -2.03. The minimum atomic E-state index is -4.35. The Hall–Kier alpha value is -0.910. The minimum Gasteiger partial charge on any atom is -0.337 e. The summed E-state index contributed by atoms with van der Waals surface area (Å²) in [5.74, 6) is 0. The lowest BCUT2D eigenvalue weighted by atomic mass is 10.3. The van der Waals surface area contributed by atoms with E-state index < -0.39 is 11.7 Å². The molecular weight excluding hydrogens is 177 g/mol. The van der Waals surface area contributed by atoms with Gasteiger partial charge in [0, 0.05) is 12.4 Å². The molecule has 0 radical (unpaired) electrons. The van der Waals surface area contributed by atoms with E-state index in [0.29, 0.717) is 6.20 Å². The van der Waals surface area contributed by atoms with Crippen LogP contribution >= 0.6 is 12.2 Å². The zero-order valence-electron chi connectivity index (χ0n) is 5.14. The maximum atomic E-state index is 11.8. The monoisotopic (exact) mass is 180 g/mol. The number of hydrogen-bond donors (Lipinski definition) is 1. The molecule has 0 saturated heterocycles. The van der Waals surface area contributed by atoms with E-state index in [0.717, 1.165) is 6.20 Å². The average molecular weight is 180 g/mol. The molecule has 0 aliphatic rings. The summed E-state index contributed by atoms with van der Waals surface area (Å²) in [6.07, 6.45) is -2.87. The number of nitrogens with zero attached hydrogens (tertiary/aromatic N) is 1. The third-order valence-electron chi connectivity index (χ3n) is 0.999. The number of halogens is 3. The van der Waals surface area contributed by atoms with Crippen LogP contribution in [0.15, 0.2) is 12.4 Å². The second kappa shape index (κ2) is 2.61. The van der Waals surface area contributed by atoms with Gasteiger partial charge >= 0.3 is 6.18 Å². The van der Waals surface area contributed by atoms with Gasteiger partial charge in [0.05, 0.1) is 5.56 Å². The molecule has 2 nitrogen and oxygen atoms in total. The zero-order valence-corrected chi connectivity index (χ0v) is 5.96. The fourth-order valence-corrected chi connectivity index (χ4v) is 0.609. The van der Waals surface area contributed by atoms with Crippen LogP contribution in [0.2, 0.25) is 0 Å². The molecule has 0 bridgehead atoms. The van der Waals surface area contributed by atoms with Crippen LogP contribution in [0, 0.1) is 4.77 Å². The smallest absolute Gasteiger partial charge is 0.337 e. The Kier molecular flexibility index (Phi) is 1.95. The number of H-pyrrole nitrogens is 1. The Morgan fingerprint density at radius 2 is 2.09 bits per heavy atom. The molecule has 11 heavy (non-hydrogen) atoms. The lowest BCUT2D eigenvalue weighted by Crippen LogP contribution is -2.05. The van der Waals surface area contributed by atoms with Crippen molar-refractivity contribution in [3.8, 4) is 0 Å². The summed E-state index contributed by atoms with van der Waals surface area (Å²) < 4.78 is 35.5. The molecule has 6 heteroatoms. The van der Waals surface area contributed by atoms with Crippen molar-refractivity contribution in [3.63, 3.8) is 0 Å². The number of rotatable bonds is 0. The highest BCUT2D eigenvalue weighted by Crippen LogP contribution is 2.27. The molecule has 1 rings (SSSR count). The molecule has 0 unspecified atom stereocenters. The van der Waals surface area contributed by atoms with Gasteiger partial charge in [0.25, 0.3) is 0 Å². The average Bonchev–Trinajstić information content (AvgIpc) is 1.86. The SMILES string of the molecule is FC(F)(F)c1cnc(=S)[nH]c1. The molecule has 0 amide bonds. The first-order valence-corrected chi connectivity index (χ1v) is 3.03. The van der Waals surface area contributed by atoms with Gasteiger partial charge in [0.15, 0.2) is 4.77 Å². The fourth-order valence-electron chi connectivity index (χ4n) is 0.497. The van der Waals surface area contributed by atoms with Gasteiger partial charge in [0.2, 0.25) is 0 Å². The van der Waals surface area contributed by atoms with Gasteiger partial charge in [-0.15, -0.1) is 0 Å². The molecule has 0 atom stereocenters. The van der Waals surface area contributed by atoms with Crippen molar-refractivity contribution in [3.05, 3.63) is 22.7 Å². The van der Waals surface area contributed by atoms with E-state index in [9.17, 15) is 13.2 Å². The molecule has 1 aromatic heterocycles. The quantitative estimate of drug-likeness (QED) is 0.620. The Labute approximate surface area is 65.1 Å². The van der Waals surface area contributed by atoms with E-state index in [1.54, 1.807) is 0 Å². The van der Waals surface area contributed by atoms with Crippen molar-refractivity contribution >= 4 is 12.2 Å². The first-order valence-electron chi connectivity index (χ1n) is 2.62. The molecule has 0 aromatic carbocycles. The van der Waals surface area contributed by atoms with E-state index in [4.69, 9.17) is 0 Å². The summed E-state index contributed by atoms with van der Waals surface area (Å²) in [5, 5.41) is 0. The molecule has 0 saturated carbocycles. The number of alkyl halides is 3. The second-order valence-corrected chi connectivity index (χ2v) is 2.19. The van der Waals surface area contributed by atoms with Gasteiger partial charge in [-0.25, -0.2) is 4.98 Å². The van der Waals surface area contributed by atoms with Gasteiger partial charge in [-0.1, -0.05) is 0 Å². The highest BCUT2D eigenvalue weighted by atomic mass is 32.1. The van der Waals surface area contributed by atoms with Crippen molar-refractivity contribution < 1.29 is 13.2 Å². The maximum absolute atomic E-state index is 11.8. The van der Waals surface area contributed by atoms with Crippen molar-refractivity contribution in [1.82, 2.24) is 9.97 Å². The summed E-state index contributed by atoms with van der Waals surface area (Å²) in [6.45, 7) is 0. The minimum absolute atomic E-state index is 0.0398. The van der Waals surface area contributed by atoms with Gasteiger partial charge in [-0.3, -0.25) is 0 Å². The van der Waals surface area contributed by atoms with Crippen molar-refractivity contribution in [1.29, 1.82) is 0 Å². The molecule has 1 heterocycles. The van der Waals surface area contributed by atoms with Crippen LogP contribution in [0.5, 0.6) is 0 Å². The molecule has 1 aromatic rings. The third-order valence-corrected chi connectivity index (χ3v) is 1.22. The predicted octanol–water partition coefficient (Wildman–Crippen LogP) is 2.16. The normalized spacial score (nSPS) is 11.5. The zero-order chi connectivity index (χ0) is 8.48. The fraction of sp³-hybridized carbons (Fsp3) is 0.200. The van der Waals surface area contributed by atoms with E-state index >= 15 is 0 Å². The van der Waals surface area contributed by atoms with Crippen molar-refractivity contribution in [2.45, 2.75) is 6.18 Å². The topological polar surface area (TPSA) is 28.7 Å². The van der Waals surface area contributed by atoms with E-state index in [2.05, 4.69) is 22.2 Å². The van der Waals surface area contributed by atoms with Crippen LogP contribution < -0.4 is 0 Å². The summed E-state index contributed by atoms with van der Waals surface area (Å²) in [6, 6.07) is 0. The summed E-state index contributed by atoms with van der Waals surface area (Å²) >= 11 is 4.46. The van der Waals surface area contributed by atoms with Crippen LogP contribution in [0.1, 0.15) is 5.56 Å². The highest BCUT2D eigenvalue weighted by molar-refractivity contribution is 7.71. The molecule has 0 aliphatic carbocycles. The first-order chi connectivity index (χ1) is 5.00. The number of hydrogen-bond acceptors (Lipinski definition) is 2. The molecule has 0 spiro atoms. The molecule has 60 valence electrons. The predicted molar refractivity (Wildman–Crippen MR) is 34.4 cm³/mol. The Morgan fingerprint density at radius 1 is 1.45 bits per heavy atom. The van der Waals surface area contributed by atoms with Gasteiger partial charge in [0.1, 0.15) is 0 Å². The van der Waals surface area contributed by atoms with Crippen LogP contribution in [0.25, 0.3) is 0 Å². The van der Waals surface area contributed by atoms with Crippen LogP contribution in [-0.2, 0) is 6.18 Å². The van der Waals surface area contributed by atoms with Crippen LogP contribution in [-0.4, -0.2) is 9.97 Å². The summed E-state index contributed by atoms with van der Waals surface area (Å²) in [7, 11) is 0. The number of aromatic amines is 1. The Balaban J connectivity index is 3.09. The van der Waals surface area contributed by atoms with Gasteiger partial charge in [-0.05, 0) is 12.2 Å². The lowest BCUT2D eigenvalue weighted by molar-refractivity contribution is -0.138. The number of nitrogens with one attached hydrogen (secondary N) is 1. The largest absolute Gasteiger partial charge is 0.419 e. The molecule has 1 N–H and O–H groups in total. The summed E-state index contributed by atoms with van der Waals surface area (Å²) in [4.78, 5) is 5.47. The van der Waals surface area contributed by atoms with E-state index in [-0.39, 0.29) is 4.77 Å². The van der Waals surface area contributed by atoms with Crippen molar-refractivity contribution in [2.24, 2.45) is 0 Å². The highest BCUT2D eigenvalue weighted by Gasteiger charge is 2.30. The standard InChI is InChI=1S/C5H3F3N2S/c6-5(7,8)3-1-9-4(11)10-2-3/h1-2H,(H,9,10,11). The summed E-state index contributed by atoms with van der Waals surface area (Å²) in [5.41, 5.74) is -0.828. The van der Waals surface area contributed by atoms with E-state index in [1.165, 1.54) is 0 Å². The maximum Gasteiger partial charge on any atom is 0.419 e.